The lowest BCUT2D eigenvalue weighted by Crippen LogP contribution is -2.14. The summed E-state index contributed by atoms with van der Waals surface area (Å²) in [5.41, 5.74) is 2.44. The third-order valence-electron chi connectivity index (χ3n) is 3.96. The van der Waals surface area contributed by atoms with Gasteiger partial charge in [-0.15, -0.1) is 23.1 Å². The Labute approximate surface area is 162 Å². The Morgan fingerprint density at radius 3 is 2.56 bits per heavy atom. The molecule has 0 aliphatic heterocycles. The highest BCUT2D eigenvalue weighted by atomic mass is 32.2. The van der Waals surface area contributed by atoms with E-state index in [1.807, 2.05) is 35.7 Å². The van der Waals surface area contributed by atoms with Crippen molar-refractivity contribution in [3.8, 4) is 11.3 Å². The fourth-order valence-corrected chi connectivity index (χ4v) is 4.38. The van der Waals surface area contributed by atoms with Crippen molar-refractivity contribution in [2.75, 3.05) is 0 Å². The van der Waals surface area contributed by atoms with Gasteiger partial charge in [-0.05, 0) is 17.7 Å². The Bertz CT molecular complexity index is 1170. The normalized spacial score (nSPS) is 11.0. The van der Waals surface area contributed by atoms with Gasteiger partial charge in [0.05, 0.1) is 16.3 Å². The standard InChI is InChI=1S/C19H13N3O3S2/c23-18-10-14(11-26-16-8-6-15(7-9-16)22(24)25)20-19-21(18)17(12-27-19)13-4-2-1-3-5-13/h1-10,12H,11H2. The highest BCUT2D eigenvalue weighted by molar-refractivity contribution is 7.98. The van der Waals surface area contributed by atoms with E-state index in [0.717, 1.165) is 16.2 Å². The Morgan fingerprint density at radius 2 is 1.85 bits per heavy atom. The molecule has 134 valence electrons. The minimum absolute atomic E-state index is 0.0594. The van der Waals surface area contributed by atoms with Crippen molar-refractivity contribution in [3.63, 3.8) is 0 Å². The smallest absolute Gasteiger partial charge is 0.269 e. The van der Waals surface area contributed by atoms with Crippen molar-refractivity contribution in [3.05, 3.63) is 92.2 Å². The number of hydrogen-bond acceptors (Lipinski definition) is 6. The number of aromatic nitrogens is 2. The lowest BCUT2D eigenvalue weighted by atomic mass is 10.2. The maximum atomic E-state index is 12.6. The second-order valence-electron chi connectivity index (χ2n) is 5.73. The number of rotatable bonds is 5. The van der Waals surface area contributed by atoms with Crippen LogP contribution < -0.4 is 5.56 Å². The molecule has 0 radical (unpaired) electrons. The Kier molecular flexibility index (Phi) is 4.74. The molecule has 0 fully saturated rings. The molecule has 0 aliphatic rings. The van der Waals surface area contributed by atoms with Crippen molar-refractivity contribution in [2.24, 2.45) is 0 Å². The summed E-state index contributed by atoms with van der Waals surface area (Å²) < 4.78 is 1.63. The summed E-state index contributed by atoms with van der Waals surface area (Å²) in [4.78, 5) is 29.1. The van der Waals surface area contributed by atoms with E-state index in [2.05, 4.69) is 4.98 Å². The highest BCUT2D eigenvalue weighted by Crippen LogP contribution is 2.26. The molecule has 0 spiro atoms. The molecule has 8 heteroatoms. The van der Waals surface area contributed by atoms with Crippen molar-refractivity contribution < 1.29 is 4.92 Å². The summed E-state index contributed by atoms with van der Waals surface area (Å²) in [7, 11) is 0. The molecule has 0 saturated carbocycles. The summed E-state index contributed by atoms with van der Waals surface area (Å²) in [5.74, 6) is 0.516. The first-order valence-corrected chi connectivity index (χ1v) is 9.91. The van der Waals surface area contributed by atoms with E-state index in [4.69, 9.17) is 0 Å². The van der Waals surface area contributed by atoms with E-state index >= 15 is 0 Å². The fraction of sp³-hybridized carbons (Fsp3) is 0.0526. The van der Waals surface area contributed by atoms with Crippen molar-refractivity contribution in [1.82, 2.24) is 9.38 Å². The molecule has 0 aliphatic carbocycles. The van der Waals surface area contributed by atoms with Gasteiger partial charge in [0.25, 0.3) is 11.2 Å². The van der Waals surface area contributed by atoms with Gasteiger partial charge in [-0.1, -0.05) is 30.3 Å². The number of non-ortho nitro benzene ring substituents is 1. The third kappa shape index (κ3) is 3.62. The van der Waals surface area contributed by atoms with Crippen molar-refractivity contribution in [2.45, 2.75) is 10.6 Å². The van der Waals surface area contributed by atoms with Crippen LogP contribution in [-0.2, 0) is 5.75 Å². The van der Waals surface area contributed by atoms with Gasteiger partial charge in [-0.3, -0.25) is 19.3 Å². The van der Waals surface area contributed by atoms with Gasteiger partial charge in [0.1, 0.15) is 0 Å². The van der Waals surface area contributed by atoms with Crippen LogP contribution in [0.5, 0.6) is 0 Å². The molecular weight excluding hydrogens is 382 g/mol. The Balaban J connectivity index is 1.59. The summed E-state index contributed by atoms with van der Waals surface area (Å²) in [6, 6.07) is 17.6. The quantitative estimate of drug-likeness (QED) is 0.280. The zero-order valence-electron chi connectivity index (χ0n) is 13.9. The molecule has 6 nitrogen and oxygen atoms in total. The Morgan fingerprint density at radius 1 is 1.11 bits per heavy atom. The van der Waals surface area contributed by atoms with Gasteiger partial charge < -0.3 is 0 Å². The predicted octanol–water partition coefficient (Wildman–Crippen LogP) is 4.62. The van der Waals surface area contributed by atoms with E-state index in [-0.39, 0.29) is 11.2 Å². The largest absolute Gasteiger partial charge is 0.269 e. The molecule has 0 N–H and O–H groups in total. The lowest BCUT2D eigenvalue weighted by molar-refractivity contribution is -0.384. The molecule has 0 amide bonds. The molecule has 2 aromatic heterocycles. The van der Waals surface area contributed by atoms with Crippen LogP contribution in [0.4, 0.5) is 5.69 Å². The van der Waals surface area contributed by atoms with E-state index < -0.39 is 4.92 Å². The predicted molar refractivity (Wildman–Crippen MR) is 107 cm³/mol. The average Bonchev–Trinajstić information content (AvgIpc) is 3.12. The van der Waals surface area contributed by atoms with Crippen LogP contribution in [0.2, 0.25) is 0 Å². The number of nitro benzene ring substituents is 1. The van der Waals surface area contributed by atoms with E-state index in [1.54, 1.807) is 22.6 Å². The van der Waals surface area contributed by atoms with Crippen LogP contribution in [0.3, 0.4) is 0 Å². The summed E-state index contributed by atoms with van der Waals surface area (Å²) in [6.07, 6.45) is 0. The summed E-state index contributed by atoms with van der Waals surface area (Å²) in [5, 5.41) is 12.6. The number of nitrogens with zero attached hydrogens (tertiary/aromatic N) is 3. The number of thiazole rings is 1. The molecule has 2 heterocycles. The zero-order valence-corrected chi connectivity index (χ0v) is 15.6. The first-order chi connectivity index (χ1) is 13.1. The fourth-order valence-electron chi connectivity index (χ4n) is 2.67. The van der Waals surface area contributed by atoms with Gasteiger partial charge in [0, 0.05) is 34.2 Å². The molecule has 0 unspecified atom stereocenters. The number of thioether (sulfide) groups is 1. The zero-order chi connectivity index (χ0) is 18.8. The minimum atomic E-state index is -0.425. The van der Waals surface area contributed by atoms with Gasteiger partial charge in [0.15, 0.2) is 4.96 Å². The van der Waals surface area contributed by atoms with Crippen LogP contribution >= 0.6 is 23.1 Å². The summed E-state index contributed by atoms with van der Waals surface area (Å²) in [6.45, 7) is 0. The third-order valence-corrected chi connectivity index (χ3v) is 5.83. The maximum Gasteiger partial charge on any atom is 0.269 e. The van der Waals surface area contributed by atoms with Crippen LogP contribution in [0, 0.1) is 10.1 Å². The second kappa shape index (κ2) is 7.34. The van der Waals surface area contributed by atoms with Gasteiger partial charge in [-0.2, -0.15) is 0 Å². The number of hydrogen-bond donors (Lipinski definition) is 0. The van der Waals surface area contributed by atoms with Gasteiger partial charge in [0.2, 0.25) is 0 Å². The number of nitro groups is 1. The molecule has 0 bridgehead atoms. The Hall–Kier alpha value is -2.97. The molecule has 0 atom stereocenters. The highest BCUT2D eigenvalue weighted by Gasteiger charge is 2.11. The van der Waals surface area contributed by atoms with E-state index in [0.29, 0.717) is 16.4 Å². The van der Waals surface area contributed by atoms with Gasteiger partial charge in [-0.25, -0.2) is 4.98 Å². The molecule has 27 heavy (non-hydrogen) atoms. The van der Waals surface area contributed by atoms with E-state index in [9.17, 15) is 14.9 Å². The SMILES string of the molecule is O=c1cc(CSc2ccc([N+](=O)[O-])cc2)nc2scc(-c3ccccc3)n12. The second-order valence-corrected chi connectivity index (χ2v) is 7.62. The number of fused-ring (bicyclic) bond motifs is 1. The number of benzene rings is 2. The molecule has 0 saturated heterocycles. The molecule has 2 aromatic carbocycles. The minimum Gasteiger partial charge on any atom is -0.269 e. The molecule has 4 rings (SSSR count). The van der Waals surface area contributed by atoms with Crippen molar-refractivity contribution >= 4 is 33.7 Å². The topological polar surface area (TPSA) is 77.5 Å². The average molecular weight is 395 g/mol. The lowest BCUT2D eigenvalue weighted by Gasteiger charge is -2.04. The van der Waals surface area contributed by atoms with Crippen LogP contribution in [-0.4, -0.2) is 14.3 Å². The molecule has 4 aromatic rings. The monoisotopic (exact) mass is 395 g/mol. The van der Waals surface area contributed by atoms with Crippen LogP contribution in [0.25, 0.3) is 16.2 Å². The molecular formula is C19H13N3O3S2. The van der Waals surface area contributed by atoms with Crippen LogP contribution in [0.1, 0.15) is 5.69 Å². The van der Waals surface area contributed by atoms with Crippen LogP contribution in [0.15, 0.2) is 75.7 Å². The van der Waals surface area contributed by atoms with Gasteiger partial charge >= 0.3 is 0 Å². The maximum absolute atomic E-state index is 12.6. The van der Waals surface area contributed by atoms with E-state index in [1.165, 1.54) is 35.2 Å². The first-order valence-electron chi connectivity index (χ1n) is 8.05. The summed E-state index contributed by atoms with van der Waals surface area (Å²) >= 11 is 2.92. The first kappa shape index (κ1) is 17.4. The van der Waals surface area contributed by atoms with Crippen molar-refractivity contribution in [1.29, 1.82) is 0 Å².